The van der Waals surface area contributed by atoms with Crippen molar-refractivity contribution in [1.29, 1.82) is 0 Å². The van der Waals surface area contributed by atoms with E-state index in [-0.39, 0.29) is 6.04 Å². The molecular weight excluding hydrogens is 282 g/mol. The predicted molar refractivity (Wildman–Crippen MR) is 84.9 cm³/mol. The number of hydrogen-bond acceptors (Lipinski definition) is 5. The van der Waals surface area contributed by atoms with Crippen molar-refractivity contribution >= 4 is 0 Å². The number of rotatable bonds is 6. The molecule has 2 unspecified atom stereocenters. The fraction of sp³-hybridized carbons (Fsp3) is 0.529. The molecular formula is C17H25NO4. The summed E-state index contributed by atoms with van der Waals surface area (Å²) in [5.41, 5.74) is 1.02. The lowest BCUT2D eigenvalue weighted by Gasteiger charge is -2.28. The zero-order valence-electron chi connectivity index (χ0n) is 13.6. The first-order valence-electron chi connectivity index (χ1n) is 7.53. The van der Waals surface area contributed by atoms with Gasteiger partial charge in [-0.3, -0.25) is 5.32 Å². The van der Waals surface area contributed by atoms with Crippen LogP contribution in [0.15, 0.2) is 30.0 Å². The summed E-state index contributed by atoms with van der Waals surface area (Å²) in [7, 11) is 3.22. The highest BCUT2D eigenvalue weighted by Gasteiger charge is 2.23. The summed E-state index contributed by atoms with van der Waals surface area (Å²) in [5, 5.41) is 13.1. The smallest absolute Gasteiger partial charge is 0.161 e. The van der Waals surface area contributed by atoms with E-state index in [1.54, 1.807) is 20.3 Å². The fourth-order valence-electron chi connectivity index (χ4n) is 2.42. The zero-order chi connectivity index (χ0) is 16.1. The largest absolute Gasteiger partial charge is 0.498 e. The maximum Gasteiger partial charge on any atom is 0.161 e. The molecule has 2 atom stereocenters. The van der Waals surface area contributed by atoms with E-state index in [1.165, 1.54) is 0 Å². The highest BCUT2D eigenvalue weighted by atomic mass is 16.5. The number of aliphatic hydroxyl groups excluding tert-OH is 1. The van der Waals surface area contributed by atoms with Gasteiger partial charge in [-0.2, -0.15) is 0 Å². The molecule has 22 heavy (non-hydrogen) atoms. The van der Waals surface area contributed by atoms with E-state index in [2.05, 4.69) is 19.2 Å². The van der Waals surface area contributed by atoms with E-state index in [0.29, 0.717) is 30.4 Å². The Labute approximate surface area is 131 Å². The average Bonchev–Trinajstić information content (AvgIpc) is 2.51. The molecule has 2 N–H and O–H groups in total. The lowest BCUT2D eigenvalue weighted by atomic mass is 9.99. The van der Waals surface area contributed by atoms with Crippen LogP contribution in [-0.4, -0.2) is 32.2 Å². The van der Waals surface area contributed by atoms with E-state index >= 15 is 0 Å². The summed E-state index contributed by atoms with van der Waals surface area (Å²) in [6.07, 6.45) is 1.70. The van der Waals surface area contributed by atoms with Gasteiger partial charge in [-0.15, -0.1) is 0 Å². The van der Waals surface area contributed by atoms with Crippen molar-refractivity contribution in [2.24, 2.45) is 5.92 Å². The van der Waals surface area contributed by atoms with Crippen LogP contribution >= 0.6 is 0 Å². The number of ether oxygens (including phenoxy) is 3. The number of nitrogens with one attached hydrogen (secondary N) is 1. The zero-order valence-corrected chi connectivity index (χ0v) is 13.6. The second-order valence-electron chi connectivity index (χ2n) is 5.82. The molecule has 1 heterocycles. The van der Waals surface area contributed by atoms with Crippen molar-refractivity contribution in [2.45, 2.75) is 32.5 Å². The average molecular weight is 307 g/mol. The molecule has 5 heteroatoms. The summed E-state index contributed by atoms with van der Waals surface area (Å²) < 4.78 is 16.4. The van der Waals surface area contributed by atoms with Gasteiger partial charge in [0.25, 0.3) is 0 Å². The van der Waals surface area contributed by atoms with Gasteiger partial charge in [-0.25, -0.2) is 0 Å². The monoisotopic (exact) mass is 307 g/mol. The van der Waals surface area contributed by atoms with E-state index < -0.39 is 6.23 Å². The van der Waals surface area contributed by atoms with E-state index in [4.69, 9.17) is 14.2 Å². The molecule has 1 aliphatic rings. The third kappa shape index (κ3) is 4.15. The Morgan fingerprint density at radius 1 is 1.23 bits per heavy atom. The van der Waals surface area contributed by atoms with Crippen molar-refractivity contribution < 1.29 is 19.3 Å². The van der Waals surface area contributed by atoms with Crippen LogP contribution in [0.3, 0.4) is 0 Å². The first kappa shape index (κ1) is 16.6. The van der Waals surface area contributed by atoms with Gasteiger partial charge in [-0.05, 0) is 29.7 Å². The molecule has 5 nitrogen and oxygen atoms in total. The first-order valence-corrected chi connectivity index (χ1v) is 7.53. The Hall–Kier alpha value is -1.72. The van der Waals surface area contributed by atoms with Crippen molar-refractivity contribution in [2.75, 3.05) is 20.8 Å². The molecule has 0 bridgehead atoms. The van der Waals surface area contributed by atoms with Crippen molar-refractivity contribution in [3.8, 4) is 11.5 Å². The van der Waals surface area contributed by atoms with Crippen LogP contribution in [0, 0.1) is 5.92 Å². The van der Waals surface area contributed by atoms with E-state index in [1.807, 2.05) is 18.2 Å². The highest BCUT2D eigenvalue weighted by Crippen LogP contribution is 2.33. The number of aliphatic hydroxyl groups is 1. The predicted octanol–water partition coefficient (Wildman–Crippen LogP) is 2.61. The SMILES string of the molecule is COc1ccc(C2CC(OCC(C)C)=CC(O)N2)cc1OC. The minimum atomic E-state index is -0.714. The van der Waals surface area contributed by atoms with E-state index in [0.717, 1.165) is 11.3 Å². The fourth-order valence-corrected chi connectivity index (χ4v) is 2.42. The summed E-state index contributed by atoms with van der Waals surface area (Å²) in [6.45, 7) is 4.85. The van der Waals surface area contributed by atoms with E-state index in [9.17, 15) is 5.11 Å². The Bertz CT molecular complexity index is 527. The van der Waals surface area contributed by atoms with Crippen LogP contribution in [-0.2, 0) is 4.74 Å². The maximum atomic E-state index is 9.98. The topological polar surface area (TPSA) is 60.0 Å². The van der Waals surface area contributed by atoms with Gasteiger partial charge in [0.2, 0.25) is 0 Å². The number of hydrogen-bond donors (Lipinski definition) is 2. The Morgan fingerprint density at radius 3 is 2.59 bits per heavy atom. The van der Waals surface area contributed by atoms with Crippen LogP contribution < -0.4 is 14.8 Å². The second-order valence-corrected chi connectivity index (χ2v) is 5.82. The van der Waals surface area contributed by atoms with Gasteiger partial charge in [0.15, 0.2) is 11.5 Å². The molecule has 0 aliphatic carbocycles. The summed E-state index contributed by atoms with van der Waals surface area (Å²) >= 11 is 0. The standard InChI is InChI=1S/C17H25NO4/c1-11(2)10-22-13-8-14(18-17(19)9-13)12-5-6-15(20-3)16(7-12)21-4/h5-7,9,11,14,17-19H,8,10H2,1-4H3. The van der Waals surface area contributed by atoms with Crippen LogP contribution in [0.25, 0.3) is 0 Å². The quantitative estimate of drug-likeness (QED) is 0.846. The minimum Gasteiger partial charge on any atom is -0.498 e. The molecule has 0 aromatic heterocycles. The van der Waals surface area contributed by atoms with Gasteiger partial charge < -0.3 is 19.3 Å². The Morgan fingerprint density at radius 2 is 1.95 bits per heavy atom. The molecule has 1 aliphatic heterocycles. The molecule has 0 saturated heterocycles. The van der Waals surface area contributed by atoms with Gasteiger partial charge >= 0.3 is 0 Å². The third-order valence-corrected chi connectivity index (χ3v) is 3.53. The summed E-state index contributed by atoms with van der Waals surface area (Å²) in [6, 6.07) is 5.74. The molecule has 0 fully saturated rings. The molecule has 122 valence electrons. The van der Waals surface area contributed by atoms with Gasteiger partial charge in [0.1, 0.15) is 6.23 Å². The Balaban J connectivity index is 2.14. The molecule has 1 aromatic rings. The van der Waals surface area contributed by atoms with Crippen LogP contribution in [0.5, 0.6) is 11.5 Å². The second kappa shape index (κ2) is 7.51. The van der Waals surface area contributed by atoms with Crippen LogP contribution in [0.1, 0.15) is 31.9 Å². The number of methoxy groups -OCH3 is 2. The van der Waals surface area contributed by atoms with Crippen molar-refractivity contribution in [3.05, 3.63) is 35.6 Å². The minimum absolute atomic E-state index is 0.0260. The van der Waals surface area contributed by atoms with Crippen LogP contribution in [0.4, 0.5) is 0 Å². The van der Waals surface area contributed by atoms with Gasteiger partial charge in [0.05, 0.1) is 26.6 Å². The van der Waals surface area contributed by atoms with Crippen molar-refractivity contribution in [3.63, 3.8) is 0 Å². The van der Waals surface area contributed by atoms with Crippen molar-refractivity contribution in [1.82, 2.24) is 5.32 Å². The molecule has 0 spiro atoms. The first-order chi connectivity index (χ1) is 10.5. The maximum absolute atomic E-state index is 9.98. The lowest BCUT2D eigenvalue weighted by Crippen LogP contribution is -2.35. The normalized spacial score (nSPS) is 21.5. The molecule has 0 amide bonds. The molecule has 2 rings (SSSR count). The third-order valence-electron chi connectivity index (χ3n) is 3.53. The molecule has 0 radical (unpaired) electrons. The van der Waals surface area contributed by atoms with Crippen LogP contribution in [0.2, 0.25) is 0 Å². The Kier molecular flexibility index (Phi) is 5.69. The molecule has 0 saturated carbocycles. The van der Waals surface area contributed by atoms with Gasteiger partial charge in [-0.1, -0.05) is 19.9 Å². The lowest BCUT2D eigenvalue weighted by molar-refractivity contribution is 0.111. The van der Waals surface area contributed by atoms with Gasteiger partial charge in [0, 0.05) is 12.5 Å². The molecule has 1 aromatic carbocycles. The highest BCUT2D eigenvalue weighted by molar-refractivity contribution is 5.44. The summed E-state index contributed by atoms with van der Waals surface area (Å²) in [4.78, 5) is 0. The number of benzene rings is 1. The summed E-state index contributed by atoms with van der Waals surface area (Å²) in [5.74, 6) is 2.64.